The van der Waals surface area contributed by atoms with Crippen molar-refractivity contribution in [3.8, 4) is 5.75 Å². The van der Waals surface area contributed by atoms with Crippen LogP contribution < -0.4 is 10.1 Å². The Balaban J connectivity index is 1.99. The molecule has 3 rings (SSSR count). The lowest BCUT2D eigenvalue weighted by atomic mass is 10.1. The monoisotopic (exact) mass is 325 g/mol. The van der Waals surface area contributed by atoms with E-state index >= 15 is 0 Å². The number of fused-ring (bicyclic) bond motifs is 1. The van der Waals surface area contributed by atoms with Crippen LogP contribution in [0.1, 0.15) is 16.4 Å². The number of benzene rings is 1. The van der Waals surface area contributed by atoms with Crippen LogP contribution in [0.4, 0.5) is 14.6 Å². The van der Waals surface area contributed by atoms with Crippen LogP contribution in [0.3, 0.4) is 0 Å². The minimum atomic E-state index is -2.87. The number of nitrogens with one attached hydrogen (secondary N) is 1. The minimum absolute atomic E-state index is 0.0991. The molecule has 1 aromatic carbocycles. The second-order valence-corrected chi connectivity index (χ2v) is 5.86. The van der Waals surface area contributed by atoms with Gasteiger partial charge in [0.2, 0.25) is 5.91 Å². The summed E-state index contributed by atoms with van der Waals surface area (Å²) in [5.41, 5.74) is 1.63. The lowest BCUT2D eigenvalue weighted by Crippen LogP contribution is -2.15. The van der Waals surface area contributed by atoms with Crippen LogP contribution in [0, 0.1) is 0 Å². The maximum atomic E-state index is 12.4. The van der Waals surface area contributed by atoms with E-state index in [1.54, 1.807) is 30.1 Å². The average Bonchev–Trinajstić information content (AvgIpc) is 2.72. The van der Waals surface area contributed by atoms with Crippen molar-refractivity contribution in [2.75, 3.05) is 11.1 Å². The molecule has 1 aromatic heterocycles. The van der Waals surface area contributed by atoms with Crippen molar-refractivity contribution >= 4 is 23.5 Å². The highest BCUT2D eigenvalue weighted by Gasteiger charge is 2.27. The molecule has 2 aromatic rings. The largest absolute Gasteiger partial charge is 0.435 e. The van der Waals surface area contributed by atoms with E-state index in [1.807, 2.05) is 6.07 Å². The molecule has 116 valence electrons. The Labute approximate surface area is 129 Å². The highest BCUT2D eigenvalue weighted by atomic mass is 32.2. The minimum Gasteiger partial charge on any atom is -0.435 e. The van der Waals surface area contributed by atoms with Gasteiger partial charge in [0.05, 0.1) is 17.2 Å². The lowest BCUT2D eigenvalue weighted by Gasteiger charge is -2.15. The molecule has 0 saturated carbocycles. The number of carbonyl (C=O) groups is 1. The molecule has 0 fully saturated rings. The third-order valence-electron chi connectivity index (χ3n) is 3.27. The van der Waals surface area contributed by atoms with Crippen LogP contribution in [0.2, 0.25) is 0 Å². The highest BCUT2D eigenvalue weighted by molar-refractivity contribution is 8.00. The number of rotatable bonds is 3. The predicted octanol–water partition coefficient (Wildman–Crippen LogP) is 2.80. The van der Waals surface area contributed by atoms with Crippen molar-refractivity contribution in [1.82, 2.24) is 9.78 Å². The van der Waals surface area contributed by atoms with Gasteiger partial charge in [-0.1, -0.05) is 12.1 Å². The topological polar surface area (TPSA) is 56.2 Å². The standard InChI is InChI=1S/C14H13F2N3O2S/c1-19-13-10(6-17-19)12(22-7-11(20)18-13)8-3-2-4-9(5-8)21-14(15)16/h2-6,12,14H,7H2,1H3,(H,18,20)/t12-/m1/s1. The molecular formula is C14H13F2N3O2S. The van der Waals surface area contributed by atoms with Crippen molar-refractivity contribution in [3.05, 3.63) is 41.6 Å². The van der Waals surface area contributed by atoms with E-state index in [2.05, 4.69) is 15.2 Å². The summed E-state index contributed by atoms with van der Waals surface area (Å²) in [6.07, 6.45) is 1.68. The van der Waals surface area contributed by atoms with Gasteiger partial charge >= 0.3 is 6.61 Å². The Morgan fingerprint density at radius 1 is 1.50 bits per heavy atom. The Bertz CT molecular complexity index is 705. The van der Waals surface area contributed by atoms with Crippen LogP contribution in [0.5, 0.6) is 5.75 Å². The normalized spacial score (nSPS) is 17.8. The van der Waals surface area contributed by atoms with Gasteiger partial charge in [-0.05, 0) is 17.7 Å². The van der Waals surface area contributed by atoms with Gasteiger partial charge in [0, 0.05) is 12.6 Å². The smallest absolute Gasteiger partial charge is 0.387 e. The number of alkyl halides is 2. The van der Waals surface area contributed by atoms with Gasteiger partial charge in [0.1, 0.15) is 11.6 Å². The van der Waals surface area contributed by atoms with Crippen LogP contribution in [-0.2, 0) is 11.8 Å². The zero-order valence-corrected chi connectivity index (χ0v) is 12.4. The fourth-order valence-electron chi connectivity index (χ4n) is 2.35. The fraction of sp³-hybridized carbons (Fsp3) is 0.286. The maximum Gasteiger partial charge on any atom is 0.387 e. The first-order valence-corrected chi connectivity index (χ1v) is 7.57. The summed E-state index contributed by atoms with van der Waals surface area (Å²) in [5.74, 6) is 0.888. The second kappa shape index (κ2) is 5.96. The highest BCUT2D eigenvalue weighted by Crippen LogP contribution is 2.41. The van der Waals surface area contributed by atoms with Crippen LogP contribution in [-0.4, -0.2) is 28.1 Å². The Morgan fingerprint density at radius 3 is 3.09 bits per heavy atom. The molecule has 5 nitrogen and oxygen atoms in total. The number of carbonyl (C=O) groups excluding carboxylic acids is 1. The van der Waals surface area contributed by atoms with Crippen molar-refractivity contribution in [3.63, 3.8) is 0 Å². The van der Waals surface area contributed by atoms with Gasteiger partial charge in [0.25, 0.3) is 0 Å². The summed E-state index contributed by atoms with van der Waals surface area (Å²) in [6, 6.07) is 6.52. The van der Waals surface area contributed by atoms with E-state index in [4.69, 9.17) is 0 Å². The molecule has 0 spiro atoms. The summed E-state index contributed by atoms with van der Waals surface area (Å²) < 4.78 is 30.7. The van der Waals surface area contributed by atoms with Gasteiger partial charge in [-0.25, -0.2) is 0 Å². The molecule has 1 aliphatic rings. The average molecular weight is 325 g/mol. The van der Waals surface area contributed by atoms with Crippen LogP contribution in [0.25, 0.3) is 0 Å². The first-order chi connectivity index (χ1) is 10.5. The van der Waals surface area contributed by atoms with Crippen molar-refractivity contribution in [1.29, 1.82) is 0 Å². The summed E-state index contributed by atoms with van der Waals surface area (Å²) in [4.78, 5) is 11.8. The third kappa shape index (κ3) is 2.92. The molecule has 0 saturated heterocycles. The molecule has 0 bridgehead atoms. The summed E-state index contributed by atoms with van der Waals surface area (Å²) in [6.45, 7) is -2.87. The second-order valence-electron chi connectivity index (χ2n) is 4.76. The molecule has 0 aliphatic carbocycles. The molecule has 8 heteroatoms. The first kappa shape index (κ1) is 14.8. The molecule has 0 radical (unpaired) electrons. The molecule has 1 N–H and O–H groups in total. The number of nitrogens with zero attached hydrogens (tertiary/aromatic N) is 2. The van der Waals surface area contributed by atoms with E-state index < -0.39 is 6.61 Å². The Kier molecular flexibility index (Phi) is 4.02. The lowest BCUT2D eigenvalue weighted by molar-refractivity contribution is -0.113. The van der Waals surface area contributed by atoms with Crippen molar-refractivity contribution < 1.29 is 18.3 Å². The van der Waals surface area contributed by atoms with Gasteiger partial charge in [-0.15, -0.1) is 11.8 Å². The zero-order valence-electron chi connectivity index (χ0n) is 11.6. The van der Waals surface area contributed by atoms with E-state index in [0.717, 1.165) is 11.1 Å². The molecule has 1 aliphatic heterocycles. The van der Waals surface area contributed by atoms with E-state index in [1.165, 1.54) is 17.8 Å². The number of thioether (sulfide) groups is 1. The quantitative estimate of drug-likeness (QED) is 0.943. The van der Waals surface area contributed by atoms with Gasteiger partial charge < -0.3 is 10.1 Å². The van der Waals surface area contributed by atoms with Crippen molar-refractivity contribution in [2.45, 2.75) is 11.9 Å². The van der Waals surface area contributed by atoms with Gasteiger partial charge in [-0.2, -0.15) is 13.9 Å². The Hall–Kier alpha value is -2.09. The molecule has 2 heterocycles. The number of aryl methyl sites for hydroxylation is 1. The number of aromatic nitrogens is 2. The summed E-state index contributed by atoms with van der Waals surface area (Å²) >= 11 is 1.42. The molecule has 0 unspecified atom stereocenters. The van der Waals surface area contributed by atoms with Gasteiger partial charge in [0.15, 0.2) is 0 Å². The molecular weight excluding hydrogens is 312 g/mol. The maximum absolute atomic E-state index is 12.4. The zero-order chi connectivity index (χ0) is 15.7. The fourth-order valence-corrected chi connectivity index (χ4v) is 3.43. The molecule has 1 atom stereocenters. The van der Waals surface area contributed by atoms with E-state index in [-0.39, 0.29) is 22.7 Å². The number of ether oxygens (including phenoxy) is 1. The summed E-state index contributed by atoms with van der Waals surface area (Å²) in [7, 11) is 1.74. The first-order valence-electron chi connectivity index (χ1n) is 6.52. The van der Waals surface area contributed by atoms with Gasteiger partial charge in [-0.3, -0.25) is 9.48 Å². The van der Waals surface area contributed by atoms with Crippen LogP contribution in [0.15, 0.2) is 30.5 Å². The van der Waals surface area contributed by atoms with Crippen LogP contribution >= 0.6 is 11.8 Å². The Morgan fingerprint density at radius 2 is 2.32 bits per heavy atom. The number of halogens is 2. The van der Waals surface area contributed by atoms with E-state index in [0.29, 0.717) is 5.82 Å². The SMILES string of the molecule is Cn1ncc2c1NC(=O)CS[C@@H]2c1cccc(OC(F)F)c1. The molecule has 22 heavy (non-hydrogen) atoms. The number of hydrogen-bond donors (Lipinski definition) is 1. The number of hydrogen-bond acceptors (Lipinski definition) is 4. The number of amides is 1. The van der Waals surface area contributed by atoms with Crippen molar-refractivity contribution in [2.24, 2.45) is 7.05 Å². The number of anilines is 1. The third-order valence-corrected chi connectivity index (χ3v) is 4.56. The molecule has 1 amide bonds. The van der Waals surface area contributed by atoms with E-state index in [9.17, 15) is 13.6 Å². The predicted molar refractivity (Wildman–Crippen MR) is 79.2 cm³/mol. The summed E-state index contributed by atoms with van der Waals surface area (Å²) in [5, 5.41) is 6.79.